The van der Waals surface area contributed by atoms with Gasteiger partial charge in [0.2, 0.25) is 0 Å². The number of thiophene rings is 1. The SMILES string of the molecule is CC(C)(C)c1cc(-c2nc3ccccc3c3sc4ccccc4c23)cc2ccccc12. The average Bonchev–Trinajstić information content (AvgIpc) is 3.17. The van der Waals surface area contributed by atoms with Gasteiger partial charge in [0.05, 0.1) is 11.2 Å². The lowest BCUT2D eigenvalue weighted by atomic mass is 9.82. The van der Waals surface area contributed by atoms with Crippen molar-refractivity contribution in [3.63, 3.8) is 0 Å². The molecule has 2 aromatic heterocycles. The van der Waals surface area contributed by atoms with Crippen LogP contribution in [-0.2, 0) is 5.41 Å². The number of nitrogens with zero attached hydrogens (tertiary/aromatic N) is 1. The predicted molar refractivity (Wildman–Crippen MR) is 136 cm³/mol. The van der Waals surface area contributed by atoms with Crippen LogP contribution >= 0.6 is 11.3 Å². The van der Waals surface area contributed by atoms with Crippen molar-refractivity contribution in [2.45, 2.75) is 26.2 Å². The second-order valence-corrected chi connectivity index (χ2v) is 10.3. The Kier molecular flexibility index (Phi) is 3.97. The molecule has 4 aromatic carbocycles. The van der Waals surface area contributed by atoms with Crippen LogP contribution in [0.4, 0.5) is 0 Å². The first-order valence-corrected chi connectivity index (χ1v) is 11.6. The Labute approximate surface area is 186 Å². The molecular weight excluding hydrogens is 394 g/mol. The summed E-state index contributed by atoms with van der Waals surface area (Å²) in [5.41, 5.74) is 4.75. The first-order valence-electron chi connectivity index (χ1n) is 10.7. The number of rotatable bonds is 1. The van der Waals surface area contributed by atoms with Crippen LogP contribution in [-0.4, -0.2) is 4.98 Å². The van der Waals surface area contributed by atoms with Crippen molar-refractivity contribution < 1.29 is 0 Å². The molecule has 0 aliphatic carbocycles. The highest BCUT2D eigenvalue weighted by Crippen LogP contribution is 2.44. The highest BCUT2D eigenvalue weighted by Gasteiger charge is 2.21. The molecule has 2 heteroatoms. The first-order chi connectivity index (χ1) is 15.0. The first kappa shape index (κ1) is 18.5. The van der Waals surface area contributed by atoms with Crippen LogP contribution in [0.1, 0.15) is 26.3 Å². The van der Waals surface area contributed by atoms with E-state index in [1.54, 1.807) is 0 Å². The van der Waals surface area contributed by atoms with Gasteiger partial charge in [0.15, 0.2) is 0 Å². The molecule has 0 fully saturated rings. The largest absolute Gasteiger partial charge is 0.247 e. The van der Waals surface area contributed by atoms with Crippen molar-refractivity contribution in [1.82, 2.24) is 4.98 Å². The molecule has 0 amide bonds. The Hall–Kier alpha value is -3.23. The Balaban J connectivity index is 1.80. The van der Waals surface area contributed by atoms with E-state index in [0.29, 0.717) is 0 Å². The molecular formula is C29H23NS. The highest BCUT2D eigenvalue weighted by molar-refractivity contribution is 7.26. The lowest BCUT2D eigenvalue weighted by molar-refractivity contribution is 0.596. The summed E-state index contributed by atoms with van der Waals surface area (Å²) in [6.45, 7) is 6.88. The third kappa shape index (κ3) is 2.86. The van der Waals surface area contributed by atoms with Crippen molar-refractivity contribution in [2.24, 2.45) is 0 Å². The van der Waals surface area contributed by atoms with E-state index in [9.17, 15) is 0 Å². The van der Waals surface area contributed by atoms with Crippen molar-refractivity contribution in [2.75, 3.05) is 0 Å². The van der Waals surface area contributed by atoms with Crippen molar-refractivity contribution in [3.05, 3.63) is 90.5 Å². The molecule has 0 aliphatic heterocycles. The van der Waals surface area contributed by atoms with E-state index in [-0.39, 0.29) is 5.41 Å². The zero-order chi connectivity index (χ0) is 21.2. The molecule has 0 atom stereocenters. The van der Waals surface area contributed by atoms with Crippen LogP contribution < -0.4 is 0 Å². The summed E-state index contributed by atoms with van der Waals surface area (Å²) in [7, 11) is 0. The molecule has 31 heavy (non-hydrogen) atoms. The van der Waals surface area contributed by atoms with Crippen molar-refractivity contribution >= 4 is 53.2 Å². The molecule has 0 unspecified atom stereocenters. The zero-order valence-corrected chi connectivity index (χ0v) is 18.8. The summed E-state index contributed by atoms with van der Waals surface area (Å²) < 4.78 is 2.64. The van der Waals surface area contributed by atoms with Gasteiger partial charge in [0.1, 0.15) is 0 Å². The van der Waals surface area contributed by atoms with Gasteiger partial charge in [0, 0.05) is 31.1 Å². The van der Waals surface area contributed by atoms with Crippen LogP contribution in [0.25, 0.3) is 53.1 Å². The summed E-state index contributed by atoms with van der Waals surface area (Å²) in [6.07, 6.45) is 0. The molecule has 0 N–H and O–H groups in total. The van der Waals surface area contributed by atoms with Crippen LogP contribution in [0.15, 0.2) is 84.9 Å². The van der Waals surface area contributed by atoms with E-state index in [0.717, 1.165) is 11.2 Å². The lowest BCUT2D eigenvalue weighted by Gasteiger charge is -2.23. The number of aromatic nitrogens is 1. The lowest BCUT2D eigenvalue weighted by Crippen LogP contribution is -2.12. The van der Waals surface area contributed by atoms with Gasteiger partial charge in [0.25, 0.3) is 0 Å². The summed E-state index contributed by atoms with van der Waals surface area (Å²) in [6, 6.07) is 30.6. The molecule has 150 valence electrons. The molecule has 0 bridgehead atoms. The van der Waals surface area contributed by atoms with Crippen LogP contribution in [0.3, 0.4) is 0 Å². The van der Waals surface area contributed by atoms with Crippen molar-refractivity contribution in [3.8, 4) is 11.3 Å². The van der Waals surface area contributed by atoms with Gasteiger partial charge in [-0.2, -0.15) is 0 Å². The number of hydrogen-bond donors (Lipinski definition) is 0. The normalized spacial score (nSPS) is 12.4. The maximum Gasteiger partial charge on any atom is 0.0803 e. The smallest absolute Gasteiger partial charge is 0.0803 e. The standard InChI is InChI=1S/C29H23NS/c1-29(2,3)23-17-19(16-18-10-4-5-11-20(18)23)27-26-22-13-7-9-15-25(22)31-28(26)21-12-6-8-14-24(21)30-27/h4-17H,1-3H3. The highest BCUT2D eigenvalue weighted by atomic mass is 32.1. The predicted octanol–water partition coefficient (Wildman–Crippen LogP) is 8.72. The Morgan fingerprint density at radius 2 is 1.39 bits per heavy atom. The number of pyridine rings is 1. The quantitative estimate of drug-likeness (QED) is 0.261. The third-order valence-corrected chi connectivity index (χ3v) is 7.36. The van der Waals surface area contributed by atoms with E-state index in [2.05, 4.69) is 106 Å². The van der Waals surface area contributed by atoms with Gasteiger partial charge >= 0.3 is 0 Å². The molecule has 6 rings (SSSR count). The van der Waals surface area contributed by atoms with Gasteiger partial charge in [-0.05, 0) is 46.0 Å². The number of fused-ring (bicyclic) bond motifs is 6. The van der Waals surface area contributed by atoms with Crippen LogP contribution in [0, 0.1) is 0 Å². The van der Waals surface area contributed by atoms with E-state index < -0.39 is 0 Å². The van der Waals surface area contributed by atoms with E-state index in [1.807, 2.05) is 11.3 Å². The van der Waals surface area contributed by atoms with Gasteiger partial charge in [-0.1, -0.05) is 81.4 Å². The van der Waals surface area contributed by atoms with Crippen molar-refractivity contribution in [1.29, 1.82) is 0 Å². The number of para-hydroxylation sites is 1. The Bertz CT molecular complexity index is 1620. The maximum atomic E-state index is 5.23. The fraction of sp³-hybridized carbons (Fsp3) is 0.138. The molecule has 6 aromatic rings. The number of hydrogen-bond acceptors (Lipinski definition) is 2. The van der Waals surface area contributed by atoms with E-state index in [4.69, 9.17) is 4.98 Å². The maximum absolute atomic E-state index is 5.23. The fourth-order valence-corrected chi connectivity index (χ4v) is 5.92. The minimum absolute atomic E-state index is 0.0439. The molecule has 2 heterocycles. The molecule has 1 nitrogen and oxygen atoms in total. The minimum Gasteiger partial charge on any atom is -0.247 e. The molecule has 0 aliphatic rings. The summed E-state index contributed by atoms with van der Waals surface area (Å²) in [5, 5.41) is 6.40. The Morgan fingerprint density at radius 1 is 0.710 bits per heavy atom. The van der Waals surface area contributed by atoms with Crippen LogP contribution in [0.5, 0.6) is 0 Å². The molecule has 0 saturated carbocycles. The topological polar surface area (TPSA) is 12.9 Å². The third-order valence-electron chi connectivity index (χ3n) is 6.16. The summed E-state index contributed by atoms with van der Waals surface area (Å²) >= 11 is 1.87. The number of benzene rings is 4. The molecule has 0 spiro atoms. The molecule has 0 saturated heterocycles. The zero-order valence-electron chi connectivity index (χ0n) is 17.9. The van der Waals surface area contributed by atoms with Gasteiger partial charge in [-0.15, -0.1) is 11.3 Å². The summed E-state index contributed by atoms with van der Waals surface area (Å²) in [5.74, 6) is 0. The van der Waals surface area contributed by atoms with Gasteiger partial charge in [-0.3, -0.25) is 0 Å². The van der Waals surface area contributed by atoms with Gasteiger partial charge in [-0.25, -0.2) is 4.98 Å². The molecule has 0 radical (unpaired) electrons. The van der Waals surface area contributed by atoms with Crippen LogP contribution in [0.2, 0.25) is 0 Å². The monoisotopic (exact) mass is 417 g/mol. The second kappa shape index (κ2) is 6.63. The van der Waals surface area contributed by atoms with Gasteiger partial charge < -0.3 is 0 Å². The summed E-state index contributed by atoms with van der Waals surface area (Å²) in [4.78, 5) is 5.23. The van der Waals surface area contributed by atoms with E-state index in [1.165, 1.54) is 47.5 Å². The fourth-order valence-electron chi connectivity index (χ4n) is 4.69. The second-order valence-electron chi connectivity index (χ2n) is 9.27. The minimum atomic E-state index is 0.0439. The van der Waals surface area contributed by atoms with E-state index >= 15 is 0 Å². The Morgan fingerprint density at radius 3 is 2.19 bits per heavy atom. The average molecular weight is 418 g/mol.